The normalized spacial score (nSPS) is 24.3. The van der Waals surface area contributed by atoms with Crippen molar-refractivity contribution in [3.05, 3.63) is 11.1 Å². The Bertz CT molecular complexity index is 435. The molecule has 0 spiro atoms. The average molecular weight is 283 g/mol. The first kappa shape index (κ1) is 14.3. The number of likely N-dealkylation sites (tertiary alicyclic amines) is 1. The van der Waals surface area contributed by atoms with Crippen LogP contribution in [0.15, 0.2) is 5.38 Å². The van der Waals surface area contributed by atoms with Crippen molar-refractivity contribution in [2.24, 2.45) is 5.92 Å². The van der Waals surface area contributed by atoms with Gasteiger partial charge in [0.05, 0.1) is 12.1 Å². The highest BCUT2D eigenvalue weighted by molar-refractivity contribution is 7.13. The number of thiazole rings is 1. The van der Waals surface area contributed by atoms with Crippen molar-refractivity contribution >= 4 is 22.4 Å². The molecule has 1 aliphatic heterocycles. The molecular weight excluding hydrogens is 262 g/mol. The Morgan fingerprint density at radius 3 is 3.16 bits per heavy atom. The van der Waals surface area contributed by atoms with Gasteiger partial charge in [0.25, 0.3) is 0 Å². The van der Waals surface area contributed by atoms with Crippen LogP contribution in [0.2, 0.25) is 0 Å². The maximum atomic E-state index is 10.5. The molecule has 0 radical (unpaired) electrons. The summed E-state index contributed by atoms with van der Waals surface area (Å²) < 4.78 is 0. The van der Waals surface area contributed by atoms with E-state index >= 15 is 0 Å². The number of piperidine rings is 1. The largest absolute Gasteiger partial charge is 0.481 e. The number of aryl methyl sites for hydroxylation is 1. The van der Waals surface area contributed by atoms with Crippen molar-refractivity contribution in [1.29, 1.82) is 0 Å². The van der Waals surface area contributed by atoms with Crippen LogP contribution >= 0.6 is 11.3 Å². The Balaban J connectivity index is 1.87. The number of carboxylic acids is 1. The maximum absolute atomic E-state index is 10.5. The van der Waals surface area contributed by atoms with Gasteiger partial charge in [0, 0.05) is 24.4 Å². The second-order valence-electron chi connectivity index (χ2n) is 5.32. The van der Waals surface area contributed by atoms with E-state index in [9.17, 15) is 4.79 Å². The molecule has 2 rings (SSSR count). The lowest BCUT2D eigenvalue weighted by molar-refractivity contribution is -0.136. The Labute approximate surface area is 117 Å². The number of hydrogen-bond donors (Lipinski definition) is 2. The number of nitrogens with zero attached hydrogens (tertiary/aromatic N) is 2. The van der Waals surface area contributed by atoms with Crippen molar-refractivity contribution in [2.45, 2.75) is 32.2 Å². The summed E-state index contributed by atoms with van der Waals surface area (Å²) in [5.41, 5.74) is 0.871. The highest BCUT2D eigenvalue weighted by atomic mass is 32.1. The summed E-state index contributed by atoms with van der Waals surface area (Å²) in [5, 5.41) is 15.0. The molecule has 106 valence electrons. The SMILES string of the molecule is CC1CN(C)CCC1Nc1nc(CCC(=O)O)cs1. The van der Waals surface area contributed by atoms with Gasteiger partial charge in [-0.1, -0.05) is 6.92 Å². The zero-order valence-electron chi connectivity index (χ0n) is 11.4. The highest BCUT2D eigenvalue weighted by Gasteiger charge is 2.24. The first-order valence-corrected chi connectivity index (χ1v) is 7.54. The van der Waals surface area contributed by atoms with E-state index in [2.05, 4.69) is 29.2 Å². The third-order valence-corrected chi connectivity index (χ3v) is 4.39. The van der Waals surface area contributed by atoms with Crippen LogP contribution in [0.5, 0.6) is 0 Å². The number of aromatic nitrogens is 1. The summed E-state index contributed by atoms with van der Waals surface area (Å²) in [5.74, 6) is -0.170. The summed E-state index contributed by atoms with van der Waals surface area (Å²) in [6.07, 6.45) is 1.78. The van der Waals surface area contributed by atoms with Gasteiger partial charge in [-0.05, 0) is 25.9 Å². The minimum absolute atomic E-state index is 0.147. The fourth-order valence-corrected chi connectivity index (χ4v) is 3.26. The molecule has 6 heteroatoms. The number of nitrogens with one attached hydrogen (secondary N) is 1. The molecule has 1 aromatic heterocycles. The van der Waals surface area contributed by atoms with E-state index < -0.39 is 5.97 Å². The fourth-order valence-electron chi connectivity index (χ4n) is 2.45. The molecule has 0 bridgehead atoms. The molecule has 0 aliphatic carbocycles. The lowest BCUT2D eigenvalue weighted by atomic mass is 9.94. The van der Waals surface area contributed by atoms with Crippen LogP contribution in [0.4, 0.5) is 5.13 Å². The molecule has 5 nitrogen and oxygen atoms in total. The molecule has 2 heterocycles. The molecule has 0 saturated carbocycles. The quantitative estimate of drug-likeness (QED) is 0.864. The monoisotopic (exact) mass is 283 g/mol. The topological polar surface area (TPSA) is 65.5 Å². The van der Waals surface area contributed by atoms with Gasteiger partial charge >= 0.3 is 5.97 Å². The molecule has 0 aromatic carbocycles. The molecule has 2 unspecified atom stereocenters. The van der Waals surface area contributed by atoms with Crippen LogP contribution in [0.25, 0.3) is 0 Å². The molecule has 1 aliphatic rings. The van der Waals surface area contributed by atoms with Crippen LogP contribution in [-0.4, -0.2) is 47.1 Å². The van der Waals surface area contributed by atoms with Crippen molar-refractivity contribution < 1.29 is 9.90 Å². The van der Waals surface area contributed by atoms with Crippen molar-refractivity contribution in [3.8, 4) is 0 Å². The second kappa shape index (κ2) is 6.34. The minimum Gasteiger partial charge on any atom is -0.481 e. The van der Waals surface area contributed by atoms with Crippen molar-refractivity contribution in [1.82, 2.24) is 9.88 Å². The molecule has 19 heavy (non-hydrogen) atoms. The van der Waals surface area contributed by atoms with Crippen molar-refractivity contribution in [2.75, 3.05) is 25.5 Å². The first-order chi connectivity index (χ1) is 9.04. The number of carbonyl (C=O) groups is 1. The Kier molecular flexibility index (Phi) is 4.76. The van der Waals surface area contributed by atoms with Gasteiger partial charge < -0.3 is 15.3 Å². The predicted octanol–water partition coefficient (Wildman–Crippen LogP) is 1.91. The maximum Gasteiger partial charge on any atom is 0.303 e. The summed E-state index contributed by atoms with van der Waals surface area (Å²) in [7, 11) is 2.15. The van der Waals surface area contributed by atoms with Gasteiger partial charge in [0.1, 0.15) is 0 Å². The van der Waals surface area contributed by atoms with E-state index in [0.717, 1.165) is 30.3 Å². The Morgan fingerprint density at radius 1 is 1.68 bits per heavy atom. The van der Waals surface area contributed by atoms with Gasteiger partial charge in [-0.15, -0.1) is 11.3 Å². The summed E-state index contributed by atoms with van der Waals surface area (Å²) in [6.45, 7) is 4.47. The second-order valence-corrected chi connectivity index (χ2v) is 6.17. The van der Waals surface area contributed by atoms with Gasteiger partial charge in [-0.3, -0.25) is 4.79 Å². The lowest BCUT2D eigenvalue weighted by Crippen LogP contribution is -2.43. The summed E-state index contributed by atoms with van der Waals surface area (Å²) in [6, 6.07) is 0.467. The number of aliphatic carboxylic acids is 1. The van der Waals surface area contributed by atoms with Gasteiger partial charge in [0.2, 0.25) is 0 Å². The number of rotatable bonds is 5. The van der Waals surface area contributed by atoms with E-state index in [4.69, 9.17) is 5.11 Å². The van der Waals surface area contributed by atoms with E-state index in [-0.39, 0.29) is 6.42 Å². The molecular formula is C13H21N3O2S. The molecule has 2 atom stereocenters. The third-order valence-electron chi connectivity index (χ3n) is 3.56. The van der Waals surface area contributed by atoms with Crippen LogP contribution < -0.4 is 5.32 Å². The highest BCUT2D eigenvalue weighted by Crippen LogP contribution is 2.23. The summed E-state index contributed by atoms with van der Waals surface area (Å²) >= 11 is 1.57. The number of hydrogen-bond acceptors (Lipinski definition) is 5. The molecule has 0 amide bonds. The lowest BCUT2D eigenvalue weighted by Gasteiger charge is -2.35. The molecule has 1 aromatic rings. The van der Waals surface area contributed by atoms with Crippen molar-refractivity contribution in [3.63, 3.8) is 0 Å². The van der Waals surface area contributed by atoms with E-state index in [0.29, 0.717) is 18.4 Å². The fraction of sp³-hybridized carbons (Fsp3) is 0.692. The number of carboxylic acid groups (broad SMARTS) is 1. The van der Waals surface area contributed by atoms with Crippen LogP contribution in [0.1, 0.15) is 25.5 Å². The third kappa shape index (κ3) is 4.18. The zero-order valence-corrected chi connectivity index (χ0v) is 12.2. The number of anilines is 1. The first-order valence-electron chi connectivity index (χ1n) is 6.66. The Hall–Kier alpha value is -1.14. The molecule has 1 fully saturated rings. The van der Waals surface area contributed by atoms with E-state index in [1.807, 2.05) is 5.38 Å². The standard InChI is InChI=1S/C13H21N3O2S/c1-9-7-16(2)6-5-11(9)15-13-14-10(8-19-13)3-4-12(17)18/h8-9,11H,3-7H2,1-2H3,(H,14,15)(H,17,18). The van der Waals surface area contributed by atoms with Crippen LogP contribution in [0.3, 0.4) is 0 Å². The zero-order chi connectivity index (χ0) is 13.8. The van der Waals surface area contributed by atoms with Gasteiger partial charge in [-0.2, -0.15) is 0 Å². The van der Waals surface area contributed by atoms with Crippen LogP contribution in [-0.2, 0) is 11.2 Å². The van der Waals surface area contributed by atoms with Gasteiger partial charge in [-0.25, -0.2) is 4.98 Å². The Morgan fingerprint density at radius 2 is 2.47 bits per heavy atom. The molecule has 1 saturated heterocycles. The summed E-state index contributed by atoms with van der Waals surface area (Å²) in [4.78, 5) is 17.3. The minimum atomic E-state index is -0.772. The van der Waals surface area contributed by atoms with E-state index in [1.165, 1.54) is 0 Å². The predicted molar refractivity (Wildman–Crippen MR) is 76.8 cm³/mol. The average Bonchev–Trinajstić information content (AvgIpc) is 2.78. The van der Waals surface area contributed by atoms with E-state index in [1.54, 1.807) is 11.3 Å². The van der Waals surface area contributed by atoms with Gasteiger partial charge in [0.15, 0.2) is 5.13 Å². The molecule has 2 N–H and O–H groups in total. The van der Waals surface area contributed by atoms with Crippen LogP contribution in [0, 0.1) is 5.92 Å². The smallest absolute Gasteiger partial charge is 0.303 e.